The summed E-state index contributed by atoms with van der Waals surface area (Å²) in [7, 11) is -4.13. The van der Waals surface area contributed by atoms with Gasteiger partial charge in [-0.3, -0.25) is 13.9 Å². The van der Waals surface area contributed by atoms with Crippen LogP contribution in [0.2, 0.25) is 0 Å². The lowest BCUT2D eigenvalue weighted by Gasteiger charge is -2.34. The second-order valence-electron chi connectivity index (χ2n) is 11.5. The monoisotopic (exact) mass is 625 g/mol. The standard InChI is InChI=1S/C37H43N3O4S/c1-5-6-22-38-37(42)35(25-31-15-9-7-10-16-31)39(26-32-17-13-14-28(2)23-32)36(41)27-40(33-21-20-29(3)30(4)24-33)45(43,44)34-18-11-8-12-19-34/h7-21,23-24,35H,5-6,22,25-27H2,1-4H3,(H,38,42)/t35-/m1/s1. The van der Waals surface area contributed by atoms with Crippen molar-refractivity contribution in [3.8, 4) is 0 Å². The molecule has 0 aliphatic heterocycles. The number of anilines is 1. The number of sulfonamides is 1. The van der Waals surface area contributed by atoms with Gasteiger partial charge in [0, 0.05) is 19.5 Å². The molecule has 4 aromatic rings. The zero-order chi connectivity index (χ0) is 32.4. The normalized spacial score (nSPS) is 11.9. The van der Waals surface area contributed by atoms with Crippen molar-refractivity contribution in [2.75, 3.05) is 17.4 Å². The van der Waals surface area contributed by atoms with Crippen molar-refractivity contribution in [3.05, 3.63) is 131 Å². The highest BCUT2D eigenvalue weighted by atomic mass is 32.2. The highest BCUT2D eigenvalue weighted by Crippen LogP contribution is 2.27. The Morgan fingerprint density at radius 2 is 1.44 bits per heavy atom. The van der Waals surface area contributed by atoms with E-state index in [-0.39, 0.29) is 23.8 Å². The number of aryl methyl sites for hydroxylation is 3. The molecule has 0 aromatic heterocycles. The van der Waals surface area contributed by atoms with Crippen molar-refractivity contribution in [1.29, 1.82) is 0 Å². The molecule has 1 N–H and O–H groups in total. The molecule has 7 nitrogen and oxygen atoms in total. The number of nitrogens with zero attached hydrogens (tertiary/aromatic N) is 2. The van der Waals surface area contributed by atoms with Gasteiger partial charge in [-0.25, -0.2) is 8.42 Å². The van der Waals surface area contributed by atoms with Gasteiger partial charge in [0.2, 0.25) is 11.8 Å². The van der Waals surface area contributed by atoms with E-state index in [1.54, 1.807) is 30.3 Å². The summed E-state index contributed by atoms with van der Waals surface area (Å²) < 4.78 is 29.4. The molecule has 0 saturated heterocycles. The highest BCUT2D eigenvalue weighted by Gasteiger charge is 2.34. The maximum absolute atomic E-state index is 14.6. The van der Waals surface area contributed by atoms with Crippen molar-refractivity contribution >= 4 is 27.5 Å². The Kier molecular flexibility index (Phi) is 11.5. The lowest BCUT2D eigenvalue weighted by Crippen LogP contribution is -2.53. The fourth-order valence-corrected chi connectivity index (χ4v) is 6.62. The zero-order valence-electron chi connectivity index (χ0n) is 26.6. The molecule has 0 radical (unpaired) electrons. The zero-order valence-corrected chi connectivity index (χ0v) is 27.4. The molecule has 236 valence electrons. The van der Waals surface area contributed by atoms with E-state index in [0.29, 0.717) is 12.2 Å². The summed E-state index contributed by atoms with van der Waals surface area (Å²) in [5, 5.41) is 3.03. The number of hydrogen-bond donors (Lipinski definition) is 1. The fraction of sp³-hybridized carbons (Fsp3) is 0.297. The van der Waals surface area contributed by atoms with Gasteiger partial charge < -0.3 is 10.2 Å². The quantitative estimate of drug-likeness (QED) is 0.165. The molecular formula is C37H43N3O4S. The molecule has 45 heavy (non-hydrogen) atoms. The van der Waals surface area contributed by atoms with Crippen molar-refractivity contribution in [2.45, 2.75) is 64.4 Å². The smallest absolute Gasteiger partial charge is 0.264 e. The maximum Gasteiger partial charge on any atom is 0.264 e. The van der Waals surface area contributed by atoms with Crippen LogP contribution in [-0.4, -0.2) is 44.3 Å². The van der Waals surface area contributed by atoms with Crippen molar-refractivity contribution in [1.82, 2.24) is 10.2 Å². The summed E-state index contributed by atoms with van der Waals surface area (Å²) in [6, 6.07) is 30.0. The lowest BCUT2D eigenvalue weighted by atomic mass is 10.0. The van der Waals surface area contributed by atoms with E-state index in [1.165, 1.54) is 17.0 Å². The molecule has 0 unspecified atom stereocenters. The number of hydrogen-bond acceptors (Lipinski definition) is 4. The van der Waals surface area contributed by atoms with Gasteiger partial charge in [-0.2, -0.15) is 0 Å². The SMILES string of the molecule is CCCCNC(=O)[C@@H](Cc1ccccc1)N(Cc1cccc(C)c1)C(=O)CN(c1ccc(C)c(C)c1)S(=O)(=O)c1ccccc1. The molecule has 2 amide bonds. The van der Waals surface area contributed by atoms with E-state index in [0.717, 1.165) is 45.0 Å². The minimum absolute atomic E-state index is 0.0828. The summed E-state index contributed by atoms with van der Waals surface area (Å²) in [6.07, 6.45) is 2.01. The molecule has 0 aliphatic carbocycles. The largest absolute Gasteiger partial charge is 0.354 e. The van der Waals surface area contributed by atoms with Crippen molar-refractivity contribution in [3.63, 3.8) is 0 Å². The van der Waals surface area contributed by atoms with Crippen LogP contribution in [0.4, 0.5) is 5.69 Å². The van der Waals surface area contributed by atoms with E-state index in [2.05, 4.69) is 12.2 Å². The molecule has 0 heterocycles. The van der Waals surface area contributed by atoms with Gasteiger partial charge in [0.15, 0.2) is 0 Å². The Morgan fingerprint density at radius 3 is 2.09 bits per heavy atom. The number of carbonyl (C=O) groups excluding carboxylic acids is 2. The summed E-state index contributed by atoms with van der Waals surface area (Å²) in [6.45, 7) is 8.05. The van der Waals surface area contributed by atoms with Crippen LogP contribution in [0, 0.1) is 20.8 Å². The van der Waals surface area contributed by atoms with Crippen LogP contribution in [0.3, 0.4) is 0 Å². The molecule has 0 bridgehead atoms. The number of amides is 2. The van der Waals surface area contributed by atoms with E-state index in [1.807, 2.05) is 81.4 Å². The molecule has 4 aromatic carbocycles. The van der Waals surface area contributed by atoms with Gasteiger partial charge in [0.05, 0.1) is 10.6 Å². The number of benzene rings is 4. The first-order valence-electron chi connectivity index (χ1n) is 15.4. The highest BCUT2D eigenvalue weighted by molar-refractivity contribution is 7.92. The van der Waals surface area contributed by atoms with Crippen LogP contribution < -0.4 is 9.62 Å². The Bertz CT molecular complexity index is 1690. The average Bonchev–Trinajstić information content (AvgIpc) is 3.03. The van der Waals surface area contributed by atoms with Gasteiger partial charge in [-0.05, 0) is 73.7 Å². The average molecular weight is 626 g/mol. The first kappa shape index (κ1) is 33.5. The van der Waals surface area contributed by atoms with Crippen LogP contribution >= 0.6 is 0 Å². The molecule has 1 atom stereocenters. The van der Waals surface area contributed by atoms with Crippen LogP contribution in [0.25, 0.3) is 0 Å². The van der Waals surface area contributed by atoms with E-state index < -0.39 is 28.5 Å². The number of nitrogens with one attached hydrogen (secondary N) is 1. The Labute approximate surface area is 268 Å². The van der Waals surface area contributed by atoms with Gasteiger partial charge in [-0.1, -0.05) is 97.8 Å². The van der Waals surface area contributed by atoms with Gasteiger partial charge in [-0.15, -0.1) is 0 Å². The number of unbranched alkanes of at least 4 members (excludes halogenated alkanes) is 1. The molecule has 0 saturated carbocycles. The summed E-state index contributed by atoms with van der Waals surface area (Å²) in [4.78, 5) is 30.0. The predicted octanol–water partition coefficient (Wildman–Crippen LogP) is 6.36. The second-order valence-corrected chi connectivity index (χ2v) is 13.3. The fourth-order valence-electron chi connectivity index (χ4n) is 5.20. The van der Waals surface area contributed by atoms with E-state index in [4.69, 9.17) is 0 Å². The minimum Gasteiger partial charge on any atom is -0.354 e. The maximum atomic E-state index is 14.6. The van der Waals surface area contributed by atoms with E-state index >= 15 is 0 Å². The van der Waals surface area contributed by atoms with Crippen LogP contribution in [0.5, 0.6) is 0 Å². The molecule has 0 aliphatic rings. The first-order valence-corrected chi connectivity index (χ1v) is 16.9. The first-order chi connectivity index (χ1) is 21.6. The van der Waals surface area contributed by atoms with Crippen LogP contribution in [0.1, 0.15) is 47.6 Å². The van der Waals surface area contributed by atoms with Crippen molar-refractivity contribution < 1.29 is 18.0 Å². The summed E-state index contributed by atoms with van der Waals surface area (Å²) in [5.41, 5.74) is 5.08. The van der Waals surface area contributed by atoms with Crippen LogP contribution in [-0.2, 0) is 32.6 Å². The molecule has 8 heteroatoms. The minimum atomic E-state index is -4.13. The third-order valence-corrected chi connectivity index (χ3v) is 9.71. The predicted molar refractivity (Wildman–Crippen MR) is 180 cm³/mol. The summed E-state index contributed by atoms with van der Waals surface area (Å²) in [5.74, 6) is -0.738. The van der Waals surface area contributed by atoms with Crippen LogP contribution in [0.15, 0.2) is 108 Å². The molecule has 0 fully saturated rings. The van der Waals surface area contributed by atoms with Gasteiger partial charge in [0.1, 0.15) is 12.6 Å². The number of rotatable bonds is 14. The molecule has 0 spiro atoms. The third kappa shape index (κ3) is 8.82. The lowest BCUT2D eigenvalue weighted by molar-refractivity contribution is -0.140. The number of carbonyl (C=O) groups is 2. The summed E-state index contributed by atoms with van der Waals surface area (Å²) >= 11 is 0. The third-order valence-electron chi connectivity index (χ3n) is 7.92. The second kappa shape index (κ2) is 15.5. The Hall–Kier alpha value is -4.43. The van der Waals surface area contributed by atoms with Crippen molar-refractivity contribution in [2.24, 2.45) is 0 Å². The molecular weight excluding hydrogens is 582 g/mol. The van der Waals surface area contributed by atoms with Gasteiger partial charge in [0.25, 0.3) is 10.0 Å². The van der Waals surface area contributed by atoms with E-state index in [9.17, 15) is 18.0 Å². The topological polar surface area (TPSA) is 86.8 Å². The van der Waals surface area contributed by atoms with Gasteiger partial charge >= 0.3 is 0 Å². The Morgan fingerprint density at radius 1 is 0.778 bits per heavy atom. The Balaban J connectivity index is 1.80. The molecule has 4 rings (SSSR count).